The third-order valence-electron chi connectivity index (χ3n) is 1.69. The van der Waals surface area contributed by atoms with Gasteiger partial charge < -0.3 is 0 Å². The second kappa shape index (κ2) is 5.23. The highest BCUT2D eigenvalue weighted by Crippen LogP contribution is 2.34. The molecule has 0 aliphatic heterocycles. The number of pyridine rings is 2. The first-order valence-corrected chi connectivity index (χ1v) is 6.22. The van der Waals surface area contributed by atoms with Gasteiger partial charge in [0.05, 0.1) is 10.0 Å². The Kier molecular flexibility index (Phi) is 3.92. The molecule has 2 aromatic rings. The summed E-state index contributed by atoms with van der Waals surface area (Å²) in [5.41, 5.74) is 0. The lowest BCUT2D eigenvalue weighted by Crippen LogP contribution is -1.85. The van der Waals surface area contributed by atoms with Gasteiger partial charge in [-0.3, -0.25) is 0 Å². The fourth-order valence-corrected chi connectivity index (χ4v) is 2.42. The van der Waals surface area contributed by atoms with Crippen molar-refractivity contribution in [2.24, 2.45) is 0 Å². The molecular weight excluding hydrogens is 287 g/mol. The van der Waals surface area contributed by atoms with Crippen LogP contribution in [-0.2, 0) is 0 Å². The number of hydrogen-bond acceptors (Lipinski definition) is 3. The van der Waals surface area contributed by atoms with Crippen molar-refractivity contribution in [1.82, 2.24) is 9.97 Å². The topological polar surface area (TPSA) is 25.8 Å². The normalized spacial score (nSPS) is 10.4. The van der Waals surface area contributed by atoms with Crippen LogP contribution in [0.5, 0.6) is 0 Å². The Hall–Kier alpha value is -0.480. The molecule has 0 aromatic carbocycles. The molecule has 0 radical (unpaired) electrons. The first-order chi connectivity index (χ1) is 7.66. The maximum atomic E-state index is 6.00. The van der Waals surface area contributed by atoms with Gasteiger partial charge in [0.25, 0.3) is 0 Å². The zero-order valence-corrected chi connectivity index (χ0v) is 10.9. The Labute approximate surface area is 112 Å². The molecule has 0 fully saturated rings. The SMILES string of the molecule is Clc1cc(Cl)c(Sc2ccccn2)nc1Cl. The van der Waals surface area contributed by atoms with E-state index in [-0.39, 0.29) is 5.15 Å². The molecule has 0 aliphatic rings. The van der Waals surface area contributed by atoms with Crippen LogP contribution in [0.3, 0.4) is 0 Å². The van der Waals surface area contributed by atoms with Gasteiger partial charge in [-0.05, 0) is 30.0 Å². The Balaban J connectivity index is 2.32. The summed E-state index contributed by atoms with van der Waals surface area (Å²) >= 11 is 18.9. The number of nitrogens with zero attached hydrogens (tertiary/aromatic N) is 2. The number of halogens is 3. The quantitative estimate of drug-likeness (QED) is 0.757. The van der Waals surface area contributed by atoms with E-state index in [4.69, 9.17) is 34.8 Å². The van der Waals surface area contributed by atoms with Crippen LogP contribution in [-0.4, -0.2) is 9.97 Å². The molecule has 82 valence electrons. The highest BCUT2D eigenvalue weighted by molar-refractivity contribution is 7.99. The molecular formula is C10H5Cl3N2S. The minimum absolute atomic E-state index is 0.240. The van der Waals surface area contributed by atoms with Crippen LogP contribution in [0.2, 0.25) is 15.2 Å². The maximum Gasteiger partial charge on any atom is 0.149 e. The van der Waals surface area contributed by atoms with E-state index in [1.54, 1.807) is 12.3 Å². The van der Waals surface area contributed by atoms with Gasteiger partial charge in [-0.15, -0.1) is 0 Å². The summed E-state index contributed by atoms with van der Waals surface area (Å²) in [6, 6.07) is 7.17. The summed E-state index contributed by atoms with van der Waals surface area (Å²) in [7, 11) is 0. The minimum Gasteiger partial charge on any atom is -0.250 e. The lowest BCUT2D eigenvalue weighted by molar-refractivity contribution is 1.09. The molecule has 2 aromatic heterocycles. The average Bonchev–Trinajstić information content (AvgIpc) is 2.27. The smallest absolute Gasteiger partial charge is 0.149 e. The van der Waals surface area contributed by atoms with Crippen molar-refractivity contribution in [3.8, 4) is 0 Å². The molecule has 2 nitrogen and oxygen atoms in total. The van der Waals surface area contributed by atoms with Crippen LogP contribution < -0.4 is 0 Å². The Morgan fingerprint density at radius 1 is 1.06 bits per heavy atom. The summed E-state index contributed by atoms with van der Waals surface area (Å²) in [5.74, 6) is 0. The van der Waals surface area contributed by atoms with E-state index in [0.29, 0.717) is 15.1 Å². The second-order valence-corrected chi connectivity index (χ2v) is 5.00. The molecule has 0 spiro atoms. The molecule has 0 aliphatic carbocycles. The molecule has 0 N–H and O–H groups in total. The summed E-state index contributed by atoms with van der Waals surface area (Å²) < 4.78 is 0. The first kappa shape index (κ1) is 12.0. The molecule has 0 saturated heterocycles. The van der Waals surface area contributed by atoms with Gasteiger partial charge in [0, 0.05) is 6.20 Å². The van der Waals surface area contributed by atoms with Crippen molar-refractivity contribution in [3.05, 3.63) is 45.7 Å². The third-order valence-corrected chi connectivity index (χ3v) is 3.72. The van der Waals surface area contributed by atoms with Gasteiger partial charge in [-0.25, -0.2) is 9.97 Å². The van der Waals surface area contributed by atoms with Gasteiger partial charge in [0.1, 0.15) is 15.2 Å². The van der Waals surface area contributed by atoms with Crippen molar-refractivity contribution >= 4 is 46.6 Å². The summed E-state index contributed by atoms with van der Waals surface area (Å²) in [5, 5.41) is 2.44. The summed E-state index contributed by atoms with van der Waals surface area (Å²) in [6.07, 6.45) is 1.70. The van der Waals surface area contributed by atoms with E-state index in [9.17, 15) is 0 Å². The maximum absolute atomic E-state index is 6.00. The molecule has 0 unspecified atom stereocenters. The van der Waals surface area contributed by atoms with Crippen LogP contribution in [0, 0.1) is 0 Å². The minimum atomic E-state index is 0.240. The van der Waals surface area contributed by atoms with E-state index in [0.717, 1.165) is 5.03 Å². The number of hydrogen-bond donors (Lipinski definition) is 0. The van der Waals surface area contributed by atoms with Gasteiger partial charge >= 0.3 is 0 Å². The standard InChI is InChI=1S/C10H5Cl3N2S/c11-6-5-7(12)10(15-9(6)13)16-8-3-1-2-4-14-8/h1-5H. The van der Waals surface area contributed by atoms with E-state index < -0.39 is 0 Å². The summed E-state index contributed by atoms with van der Waals surface area (Å²) in [4.78, 5) is 8.25. The second-order valence-electron chi connectivity index (χ2n) is 2.82. The zero-order valence-electron chi connectivity index (χ0n) is 7.82. The molecule has 2 heterocycles. The Morgan fingerprint density at radius 2 is 1.88 bits per heavy atom. The highest BCUT2D eigenvalue weighted by atomic mass is 35.5. The van der Waals surface area contributed by atoms with E-state index >= 15 is 0 Å². The predicted octanol–water partition coefficient (Wildman–Crippen LogP) is 4.59. The predicted molar refractivity (Wildman–Crippen MR) is 67.6 cm³/mol. The lowest BCUT2D eigenvalue weighted by Gasteiger charge is -2.04. The van der Waals surface area contributed by atoms with Crippen LogP contribution in [0.4, 0.5) is 0 Å². The number of rotatable bonds is 2. The van der Waals surface area contributed by atoms with Crippen LogP contribution in [0.15, 0.2) is 40.5 Å². The van der Waals surface area contributed by atoms with E-state index in [1.807, 2.05) is 18.2 Å². The molecule has 2 rings (SSSR count). The fraction of sp³-hybridized carbons (Fsp3) is 0. The van der Waals surface area contributed by atoms with Crippen molar-refractivity contribution in [3.63, 3.8) is 0 Å². The van der Waals surface area contributed by atoms with Crippen LogP contribution >= 0.6 is 46.6 Å². The van der Waals surface area contributed by atoms with Gasteiger partial charge in [0.2, 0.25) is 0 Å². The largest absolute Gasteiger partial charge is 0.250 e. The van der Waals surface area contributed by atoms with E-state index in [1.165, 1.54) is 11.8 Å². The third kappa shape index (κ3) is 2.80. The molecule has 16 heavy (non-hydrogen) atoms. The van der Waals surface area contributed by atoms with Crippen molar-refractivity contribution in [2.45, 2.75) is 10.1 Å². The first-order valence-electron chi connectivity index (χ1n) is 4.27. The summed E-state index contributed by atoms with van der Waals surface area (Å²) in [6.45, 7) is 0. The molecule has 0 saturated carbocycles. The fourth-order valence-electron chi connectivity index (χ4n) is 1.01. The van der Waals surface area contributed by atoms with Gasteiger partial charge in [-0.2, -0.15) is 0 Å². The lowest BCUT2D eigenvalue weighted by atomic mass is 10.5. The van der Waals surface area contributed by atoms with Crippen molar-refractivity contribution in [2.75, 3.05) is 0 Å². The van der Waals surface area contributed by atoms with E-state index in [2.05, 4.69) is 9.97 Å². The number of aromatic nitrogens is 2. The monoisotopic (exact) mass is 290 g/mol. The Morgan fingerprint density at radius 3 is 2.56 bits per heavy atom. The molecule has 6 heteroatoms. The highest BCUT2D eigenvalue weighted by Gasteiger charge is 2.09. The molecule has 0 atom stereocenters. The molecule has 0 bridgehead atoms. The van der Waals surface area contributed by atoms with Gasteiger partial charge in [-0.1, -0.05) is 40.9 Å². The Bertz CT molecular complexity index is 505. The van der Waals surface area contributed by atoms with Crippen LogP contribution in [0.25, 0.3) is 0 Å². The van der Waals surface area contributed by atoms with Gasteiger partial charge in [0.15, 0.2) is 0 Å². The van der Waals surface area contributed by atoms with Crippen LogP contribution in [0.1, 0.15) is 0 Å². The molecule has 0 amide bonds. The zero-order chi connectivity index (χ0) is 11.5. The van der Waals surface area contributed by atoms with Crippen molar-refractivity contribution in [1.29, 1.82) is 0 Å². The van der Waals surface area contributed by atoms with Crippen molar-refractivity contribution < 1.29 is 0 Å². The average molecular weight is 292 g/mol.